The van der Waals surface area contributed by atoms with Crippen molar-refractivity contribution in [2.45, 2.75) is 19.8 Å². The van der Waals surface area contributed by atoms with Crippen LogP contribution in [0.4, 0.5) is 0 Å². The number of aryl methyl sites for hydroxylation is 1. The predicted octanol–water partition coefficient (Wildman–Crippen LogP) is 1.24. The van der Waals surface area contributed by atoms with Crippen molar-refractivity contribution in [1.82, 2.24) is 9.55 Å². The van der Waals surface area contributed by atoms with Gasteiger partial charge in [-0.15, -0.1) is 0 Å². The maximum Gasteiger partial charge on any atom is 0.356 e. The number of nitrogens with zero attached hydrogens (tertiary/aromatic N) is 2. The van der Waals surface area contributed by atoms with E-state index in [-0.39, 0.29) is 11.6 Å². The molecule has 0 aliphatic heterocycles. The molecule has 0 spiro atoms. The second kappa shape index (κ2) is 2.97. The highest BCUT2D eigenvalue weighted by Gasteiger charge is 2.12. The molecular formula is C8H12N2O2. The Morgan fingerprint density at radius 2 is 2.25 bits per heavy atom. The van der Waals surface area contributed by atoms with Crippen molar-refractivity contribution in [1.29, 1.82) is 0 Å². The Labute approximate surface area is 70.9 Å². The molecule has 1 heterocycles. The molecule has 0 aliphatic carbocycles. The minimum Gasteiger partial charge on any atom is -0.476 e. The molecule has 0 aromatic carbocycles. The van der Waals surface area contributed by atoms with Crippen molar-refractivity contribution in [3.05, 3.63) is 17.7 Å². The van der Waals surface area contributed by atoms with E-state index < -0.39 is 5.97 Å². The third-order valence-corrected chi connectivity index (χ3v) is 1.65. The highest BCUT2D eigenvalue weighted by Crippen LogP contribution is 2.12. The largest absolute Gasteiger partial charge is 0.476 e. The summed E-state index contributed by atoms with van der Waals surface area (Å²) in [6.45, 7) is 3.96. The first-order valence-corrected chi connectivity index (χ1v) is 3.79. The maximum absolute atomic E-state index is 10.5. The molecule has 4 heteroatoms. The van der Waals surface area contributed by atoms with Crippen molar-refractivity contribution >= 4 is 5.97 Å². The highest BCUT2D eigenvalue weighted by atomic mass is 16.4. The molecule has 0 atom stereocenters. The second-order valence-electron chi connectivity index (χ2n) is 3.06. The van der Waals surface area contributed by atoms with Crippen LogP contribution in [-0.2, 0) is 7.05 Å². The summed E-state index contributed by atoms with van der Waals surface area (Å²) >= 11 is 0. The molecule has 1 N–H and O–H groups in total. The van der Waals surface area contributed by atoms with Crippen LogP contribution in [-0.4, -0.2) is 20.6 Å². The summed E-state index contributed by atoms with van der Waals surface area (Å²) in [5.74, 6) is 0.0769. The van der Waals surface area contributed by atoms with E-state index in [0.29, 0.717) is 0 Å². The number of aromatic nitrogens is 2. The zero-order valence-electron chi connectivity index (χ0n) is 7.40. The van der Waals surface area contributed by atoms with E-state index in [2.05, 4.69) is 4.98 Å². The fourth-order valence-corrected chi connectivity index (χ4v) is 1.12. The number of imidazole rings is 1. The molecule has 1 aromatic rings. The van der Waals surface area contributed by atoms with Crippen LogP contribution in [0, 0.1) is 0 Å². The van der Waals surface area contributed by atoms with Gasteiger partial charge in [0.05, 0.1) is 0 Å². The van der Waals surface area contributed by atoms with Gasteiger partial charge in [-0.05, 0) is 0 Å². The topological polar surface area (TPSA) is 55.1 Å². The number of rotatable bonds is 2. The number of carboxylic acid groups (broad SMARTS) is 1. The van der Waals surface area contributed by atoms with Gasteiger partial charge in [-0.1, -0.05) is 13.8 Å². The first kappa shape index (κ1) is 8.77. The standard InChI is InChI=1S/C8H12N2O2/c1-5(2)7-9-6(8(11)12)4-10(7)3/h4-5H,1-3H3,(H,11,12). The van der Waals surface area contributed by atoms with E-state index >= 15 is 0 Å². The molecule has 0 unspecified atom stereocenters. The molecule has 12 heavy (non-hydrogen) atoms. The molecule has 1 aromatic heterocycles. The third-order valence-electron chi connectivity index (χ3n) is 1.65. The SMILES string of the molecule is CC(C)c1nc(C(=O)O)cn1C. The van der Waals surface area contributed by atoms with Gasteiger partial charge >= 0.3 is 5.97 Å². The third kappa shape index (κ3) is 1.47. The summed E-state index contributed by atoms with van der Waals surface area (Å²) in [6, 6.07) is 0. The van der Waals surface area contributed by atoms with Crippen LogP contribution in [0.2, 0.25) is 0 Å². The van der Waals surface area contributed by atoms with Gasteiger partial charge in [-0.3, -0.25) is 0 Å². The Morgan fingerprint density at radius 3 is 2.50 bits per heavy atom. The summed E-state index contributed by atoms with van der Waals surface area (Å²) in [7, 11) is 1.80. The maximum atomic E-state index is 10.5. The van der Waals surface area contributed by atoms with Crippen LogP contribution in [0.1, 0.15) is 36.1 Å². The van der Waals surface area contributed by atoms with Gasteiger partial charge in [-0.25, -0.2) is 9.78 Å². The van der Waals surface area contributed by atoms with Gasteiger partial charge in [0.15, 0.2) is 5.69 Å². The molecule has 0 saturated carbocycles. The van der Waals surface area contributed by atoms with E-state index in [1.54, 1.807) is 11.6 Å². The summed E-state index contributed by atoms with van der Waals surface area (Å²) in [5.41, 5.74) is 0.112. The quantitative estimate of drug-likeness (QED) is 0.722. The fraction of sp³-hybridized carbons (Fsp3) is 0.500. The van der Waals surface area contributed by atoms with Crippen LogP contribution in [0.15, 0.2) is 6.20 Å². The molecule has 0 aliphatic rings. The van der Waals surface area contributed by atoms with Gasteiger partial charge in [0.25, 0.3) is 0 Å². The van der Waals surface area contributed by atoms with E-state index in [1.165, 1.54) is 6.20 Å². The van der Waals surface area contributed by atoms with Gasteiger partial charge in [0, 0.05) is 19.2 Å². The van der Waals surface area contributed by atoms with Crippen molar-refractivity contribution in [2.24, 2.45) is 7.05 Å². The second-order valence-corrected chi connectivity index (χ2v) is 3.06. The molecule has 0 radical (unpaired) electrons. The average Bonchev–Trinajstić information content (AvgIpc) is 2.30. The number of hydrogen-bond acceptors (Lipinski definition) is 2. The molecule has 0 fully saturated rings. The van der Waals surface area contributed by atoms with Crippen LogP contribution in [0.3, 0.4) is 0 Å². The van der Waals surface area contributed by atoms with Gasteiger partial charge < -0.3 is 9.67 Å². The van der Waals surface area contributed by atoms with Crippen molar-refractivity contribution < 1.29 is 9.90 Å². The molecule has 0 saturated heterocycles. The Hall–Kier alpha value is -1.32. The fourth-order valence-electron chi connectivity index (χ4n) is 1.12. The number of aromatic carboxylic acids is 1. The lowest BCUT2D eigenvalue weighted by Crippen LogP contribution is -1.99. The zero-order chi connectivity index (χ0) is 9.30. The van der Waals surface area contributed by atoms with E-state index in [1.807, 2.05) is 13.8 Å². The minimum absolute atomic E-state index is 0.112. The zero-order valence-corrected chi connectivity index (χ0v) is 7.40. The summed E-state index contributed by atoms with van der Waals surface area (Å²) < 4.78 is 1.74. The lowest BCUT2D eigenvalue weighted by Gasteiger charge is -2.02. The van der Waals surface area contributed by atoms with E-state index in [9.17, 15) is 4.79 Å². The van der Waals surface area contributed by atoms with E-state index in [0.717, 1.165) is 5.82 Å². The molecule has 4 nitrogen and oxygen atoms in total. The van der Waals surface area contributed by atoms with Crippen molar-refractivity contribution in [2.75, 3.05) is 0 Å². The van der Waals surface area contributed by atoms with Gasteiger partial charge in [0.1, 0.15) is 5.82 Å². The number of carboxylic acids is 1. The molecule has 1 rings (SSSR count). The number of carbonyl (C=O) groups is 1. The molecule has 0 amide bonds. The van der Waals surface area contributed by atoms with Crippen molar-refractivity contribution in [3.8, 4) is 0 Å². The lowest BCUT2D eigenvalue weighted by molar-refractivity contribution is 0.0691. The summed E-state index contributed by atoms with van der Waals surface area (Å²) in [4.78, 5) is 14.5. The van der Waals surface area contributed by atoms with E-state index in [4.69, 9.17) is 5.11 Å². The van der Waals surface area contributed by atoms with Crippen LogP contribution >= 0.6 is 0 Å². The average molecular weight is 168 g/mol. The molecular weight excluding hydrogens is 156 g/mol. The molecule has 66 valence electrons. The van der Waals surface area contributed by atoms with Crippen LogP contribution < -0.4 is 0 Å². The smallest absolute Gasteiger partial charge is 0.356 e. The van der Waals surface area contributed by atoms with Crippen LogP contribution in [0.25, 0.3) is 0 Å². The first-order chi connectivity index (χ1) is 5.52. The first-order valence-electron chi connectivity index (χ1n) is 3.79. The monoisotopic (exact) mass is 168 g/mol. The Kier molecular flexibility index (Phi) is 2.17. The normalized spacial score (nSPS) is 10.7. The predicted molar refractivity (Wildman–Crippen MR) is 44.3 cm³/mol. The summed E-state index contributed by atoms with van der Waals surface area (Å²) in [6.07, 6.45) is 1.53. The van der Waals surface area contributed by atoms with Crippen LogP contribution in [0.5, 0.6) is 0 Å². The highest BCUT2D eigenvalue weighted by molar-refractivity contribution is 5.85. The Bertz CT molecular complexity index is 302. The lowest BCUT2D eigenvalue weighted by atomic mass is 10.2. The number of hydrogen-bond donors (Lipinski definition) is 1. The van der Waals surface area contributed by atoms with Gasteiger partial charge in [-0.2, -0.15) is 0 Å². The van der Waals surface area contributed by atoms with Crippen molar-refractivity contribution in [3.63, 3.8) is 0 Å². The summed E-state index contributed by atoms with van der Waals surface area (Å²) in [5, 5.41) is 8.63. The molecule has 0 bridgehead atoms. The van der Waals surface area contributed by atoms with Gasteiger partial charge in [0.2, 0.25) is 0 Å². The Morgan fingerprint density at radius 1 is 1.67 bits per heavy atom. The Balaban J connectivity index is 3.09. The minimum atomic E-state index is -0.975.